The van der Waals surface area contributed by atoms with Crippen molar-refractivity contribution >= 4 is 0 Å². The summed E-state index contributed by atoms with van der Waals surface area (Å²) in [4.78, 5) is 4.72. The van der Waals surface area contributed by atoms with Gasteiger partial charge >= 0.3 is 0 Å². The number of aromatic nitrogens is 1. The minimum absolute atomic E-state index is 0.121. The van der Waals surface area contributed by atoms with Crippen LogP contribution in [0, 0.1) is 5.82 Å². The van der Waals surface area contributed by atoms with Crippen molar-refractivity contribution < 1.29 is 9.13 Å². The predicted octanol–water partition coefficient (Wildman–Crippen LogP) is 5.46. The Morgan fingerprint density at radius 1 is 1.26 bits per heavy atom. The largest absolute Gasteiger partial charge is 0.496 e. The van der Waals surface area contributed by atoms with E-state index in [1.807, 2.05) is 26.1 Å². The van der Waals surface area contributed by atoms with Crippen LogP contribution in [0.2, 0.25) is 0 Å². The van der Waals surface area contributed by atoms with E-state index in [0.29, 0.717) is 17.2 Å². The Kier molecular flexibility index (Phi) is 4.38. The monoisotopic (exact) mass is 313 g/mol. The Labute approximate surface area is 137 Å². The average molecular weight is 313 g/mol. The van der Waals surface area contributed by atoms with Crippen LogP contribution in [0.5, 0.6) is 5.75 Å². The summed E-state index contributed by atoms with van der Waals surface area (Å²) >= 11 is 0. The molecule has 0 bridgehead atoms. The van der Waals surface area contributed by atoms with E-state index in [9.17, 15) is 4.39 Å². The number of benzene rings is 1. The van der Waals surface area contributed by atoms with Crippen LogP contribution < -0.4 is 4.74 Å². The number of hydrogen-bond acceptors (Lipinski definition) is 2. The van der Waals surface area contributed by atoms with Gasteiger partial charge in [0, 0.05) is 17.8 Å². The smallest absolute Gasteiger partial charge is 0.131 e. The zero-order valence-electron chi connectivity index (χ0n) is 14.3. The lowest BCUT2D eigenvalue weighted by atomic mass is 9.95. The quantitative estimate of drug-likeness (QED) is 0.731. The molecule has 1 aromatic carbocycles. The zero-order valence-corrected chi connectivity index (χ0v) is 14.3. The fraction of sp³-hybridized carbons (Fsp3) is 0.450. The summed E-state index contributed by atoms with van der Waals surface area (Å²) in [6.07, 6.45) is 5.41. The Balaban J connectivity index is 2.14. The number of halogens is 1. The molecular weight excluding hydrogens is 289 g/mol. The molecule has 2 nitrogen and oxygen atoms in total. The van der Waals surface area contributed by atoms with E-state index >= 15 is 0 Å². The summed E-state index contributed by atoms with van der Waals surface area (Å²) in [5.74, 6) is 1.14. The summed E-state index contributed by atoms with van der Waals surface area (Å²) in [7, 11) is 1.58. The van der Waals surface area contributed by atoms with E-state index in [4.69, 9.17) is 9.72 Å². The Hall–Kier alpha value is -1.90. The van der Waals surface area contributed by atoms with Crippen molar-refractivity contribution in [3.05, 3.63) is 46.9 Å². The summed E-state index contributed by atoms with van der Waals surface area (Å²) in [6, 6.07) is 5.65. The molecule has 3 heteroatoms. The molecule has 1 aliphatic carbocycles. The third-order valence-corrected chi connectivity index (χ3v) is 4.61. The van der Waals surface area contributed by atoms with E-state index < -0.39 is 0 Å². The Morgan fingerprint density at radius 3 is 2.57 bits per heavy atom. The van der Waals surface area contributed by atoms with Crippen LogP contribution in [-0.2, 0) is 6.42 Å². The van der Waals surface area contributed by atoms with Crippen molar-refractivity contribution in [3.63, 3.8) is 0 Å². The van der Waals surface area contributed by atoms with Crippen molar-refractivity contribution in [3.8, 4) is 17.0 Å². The van der Waals surface area contributed by atoms with Crippen molar-refractivity contribution in [1.29, 1.82) is 0 Å². The minimum atomic E-state index is -0.215. The SMILES string of the molecule is CCc1cc(C2CC2)cnc1-c1cc(C(C)C)c(F)cc1OC. The molecule has 0 aliphatic heterocycles. The summed E-state index contributed by atoms with van der Waals surface area (Å²) < 4.78 is 19.7. The van der Waals surface area contributed by atoms with E-state index in [0.717, 1.165) is 17.7 Å². The molecule has 0 radical (unpaired) electrons. The predicted molar refractivity (Wildman–Crippen MR) is 91.6 cm³/mol. The standard InChI is InChI=1S/C20H24FNO/c1-5-13-8-15(14-6-7-14)11-22-20(13)17-9-16(12(2)3)18(21)10-19(17)23-4/h8-12,14H,5-7H2,1-4H3. The highest BCUT2D eigenvalue weighted by Crippen LogP contribution is 2.42. The van der Waals surface area contributed by atoms with Crippen LogP contribution in [0.1, 0.15) is 62.1 Å². The van der Waals surface area contributed by atoms with Gasteiger partial charge in [0.1, 0.15) is 11.6 Å². The number of nitrogens with zero attached hydrogens (tertiary/aromatic N) is 1. The van der Waals surface area contributed by atoms with Crippen LogP contribution in [0.25, 0.3) is 11.3 Å². The van der Waals surface area contributed by atoms with Gasteiger partial charge in [0.25, 0.3) is 0 Å². The second-order valence-electron chi connectivity index (χ2n) is 6.63. The second kappa shape index (κ2) is 6.31. The van der Waals surface area contributed by atoms with Gasteiger partial charge in [-0.15, -0.1) is 0 Å². The van der Waals surface area contributed by atoms with Crippen molar-refractivity contribution in [1.82, 2.24) is 4.98 Å². The average Bonchev–Trinajstić information content (AvgIpc) is 3.38. The number of aryl methyl sites for hydroxylation is 1. The van der Waals surface area contributed by atoms with Gasteiger partial charge in [-0.3, -0.25) is 4.98 Å². The first-order valence-corrected chi connectivity index (χ1v) is 8.41. The molecule has 2 aromatic rings. The fourth-order valence-electron chi connectivity index (χ4n) is 3.05. The molecule has 0 amide bonds. The summed E-state index contributed by atoms with van der Waals surface area (Å²) in [5.41, 5.74) is 5.04. The maximum atomic E-state index is 14.2. The third kappa shape index (κ3) is 3.10. The molecule has 1 aromatic heterocycles. The molecule has 23 heavy (non-hydrogen) atoms. The van der Waals surface area contributed by atoms with E-state index in [-0.39, 0.29) is 11.7 Å². The summed E-state index contributed by atoms with van der Waals surface area (Å²) in [6.45, 7) is 6.13. The molecule has 0 unspecified atom stereocenters. The van der Waals surface area contributed by atoms with Gasteiger partial charge in [0.2, 0.25) is 0 Å². The first-order chi connectivity index (χ1) is 11.0. The van der Waals surface area contributed by atoms with Gasteiger partial charge in [-0.2, -0.15) is 0 Å². The lowest BCUT2D eigenvalue weighted by Gasteiger charge is -2.16. The van der Waals surface area contributed by atoms with Gasteiger partial charge in [-0.05, 0) is 53.9 Å². The van der Waals surface area contributed by atoms with Crippen LogP contribution in [-0.4, -0.2) is 12.1 Å². The van der Waals surface area contributed by atoms with Gasteiger partial charge in [-0.25, -0.2) is 4.39 Å². The molecule has 1 aliphatic rings. The molecule has 0 N–H and O–H groups in total. The summed E-state index contributed by atoms with van der Waals surface area (Å²) in [5, 5.41) is 0. The highest BCUT2D eigenvalue weighted by atomic mass is 19.1. The topological polar surface area (TPSA) is 22.1 Å². The lowest BCUT2D eigenvalue weighted by molar-refractivity contribution is 0.412. The van der Waals surface area contributed by atoms with E-state index in [1.54, 1.807) is 7.11 Å². The molecule has 122 valence electrons. The molecule has 1 fully saturated rings. The zero-order chi connectivity index (χ0) is 16.6. The molecule has 1 saturated carbocycles. The molecule has 0 saturated heterocycles. The third-order valence-electron chi connectivity index (χ3n) is 4.61. The van der Waals surface area contributed by atoms with Gasteiger partial charge in [0.05, 0.1) is 12.8 Å². The number of ether oxygens (including phenoxy) is 1. The van der Waals surface area contributed by atoms with Crippen LogP contribution >= 0.6 is 0 Å². The van der Waals surface area contributed by atoms with Crippen LogP contribution in [0.3, 0.4) is 0 Å². The molecule has 1 heterocycles. The normalized spacial score (nSPS) is 14.3. The number of hydrogen-bond donors (Lipinski definition) is 0. The number of methoxy groups -OCH3 is 1. The first-order valence-electron chi connectivity index (χ1n) is 8.41. The second-order valence-corrected chi connectivity index (χ2v) is 6.63. The van der Waals surface area contributed by atoms with Crippen molar-refractivity contribution in [2.24, 2.45) is 0 Å². The highest BCUT2D eigenvalue weighted by molar-refractivity contribution is 5.71. The Morgan fingerprint density at radius 2 is 2.00 bits per heavy atom. The van der Waals surface area contributed by atoms with E-state index in [2.05, 4.69) is 13.0 Å². The van der Waals surface area contributed by atoms with Gasteiger partial charge in [-0.1, -0.05) is 26.8 Å². The molecule has 3 rings (SSSR count). The first kappa shape index (κ1) is 16.0. The fourth-order valence-corrected chi connectivity index (χ4v) is 3.05. The van der Waals surface area contributed by atoms with Crippen molar-refractivity contribution in [2.75, 3.05) is 7.11 Å². The van der Waals surface area contributed by atoms with E-state index in [1.165, 1.54) is 30.0 Å². The van der Waals surface area contributed by atoms with Crippen molar-refractivity contribution in [2.45, 2.75) is 51.9 Å². The molecule has 0 spiro atoms. The Bertz CT molecular complexity index is 720. The highest BCUT2D eigenvalue weighted by Gasteiger charge is 2.25. The minimum Gasteiger partial charge on any atom is -0.496 e. The van der Waals surface area contributed by atoms with Crippen LogP contribution in [0.4, 0.5) is 4.39 Å². The van der Waals surface area contributed by atoms with Gasteiger partial charge in [0.15, 0.2) is 0 Å². The number of rotatable bonds is 5. The maximum Gasteiger partial charge on any atom is 0.131 e. The molecular formula is C20H24FNO. The maximum absolute atomic E-state index is 14.2. The lowest BCUT2D eigenvalue weighted by Crippen LogP contribution is -2.01. The van der Waals surface area contributed by atoms with Gasteiger partial charge < -0.3 is 4.74 Å². The number of pyridine rings is 1. The van der Waals surface area contributed by atoms with Crippen LogP contribution in [0.15, 0.2) is 24.4 Å². The molecule has 0 atom stereocenters.